The summed E-state index contributed by atoms with van der Waals surface area (Å²) in [6, 6.07) is -0.392. The van der Waals surface area contributed by atoms with E-state index in [1.54, 1.807) is 4.90 Å². The highest BCUT2D eigenvalue weighted by Crippen LogP contribution is 2.19. The minimum Gasteiger partial charge on any atom is -0.480 e. The van der Waals surface area contributed by atoms with Crippen molar-refractivity contribution in [3.63, 3.8) is 0 Å². The van der Waals surface area contributed by atoms with Gasteiger partial charge in [0.15, 0.2) is 0 Å². The number of nitrogens with zero attached hydrogens (tertiary/aromatic N) is 2. The van der Waals surface area contributed by atoms with Crippen molar-refractivity contribution in [3.05, 3.63) is 0 Å². The third-order valence-electron chi connectivity index (χ3n) is 3.32. The third kappa shape index (κ3) is 2.29. The van der Waals surface area contributed by atoms with Gasteiger partial charge in [-0.05, 0) is 6.42 Å². The molecule has 1 unspecified atom stereocenters. The lowest BCUT2D eigenvalue weighted by Gasteiger charge is -2.21. The molecular formula is C10H16N4O4. The summed E-state index contributed by atoms with van der Waals surface area (Å²) in [6.45, 7) is 1.42. The lowest BCUT2D eigenvalue weighted by Crippen LogP contribution is -2.51. The highest BCUT2D eigenvalue weighted by Gasteiger charge is 2.42. The van der Waals surface area contributed by atoms with Gasteiger partial charge in [0.1, 0.15) is 5.54 Å². The van der Waals surface area contributed by atoms with E-state index >= 15 is 0 Å². The second-order valence-electron chi connectivity index (χ2n) is 4.70. The van der Waals surface area contributed by atoms with E-state index in [0.29, 0.717) is 26.1 Å². The summed E-state index contributed by atoms with van der Waals surface area (Å²) in [5, 5.41) is 11.5. The Kier molecular flexibility index (Phi) is 3.22. The number of imide groups is 1. The van der Waals surface area contributed by atoms with Gasteiger partial charge in [0.2, 0.25) is 5.91 Å². The van der Waals surface area contributed by atoms with Crippen LogP contribution in [0.15, 0.2) is 0 Å². The van der Waals surface area contributed by atoms with Crippen molar-refractivity contribution >= 4 is 17.9 Å². The van der Waals surface area contributed by atoms with Crippen LogP contribution in [0.5, 0.6) is 0 Å². The van der Waals surface area contributed by atoms with Crippen LogP contribution in [0.1, 0.15) is 6.42 Å². The average molecular weight is 256 g/mol. The van der Waals surface area contributed by atoms with Crippen LogP contribution in [0.3, 0.4) is 0 Å². The Morgan fingerprint density at radius 2 is 2.17 bits per heavy atom. The minimum absolute atomic E-state index is 0.0274. The standard InChI is InChI=1S/C10H16N4O4/c11-10(8(16)17)1-3-13(6-10)5-7(15)14-4-2-12-9(14)18/h1-6,11H2,(H,12,18)(H,16,17). The van der Waals surface area contributed by atoms with Crippen molar-refractivity contribution in [3.8, 4) is 0 Å². The van der Waals surface area contributed by atoms with Crippen LogP contribution < -0.4 is 11.1 Å². The summed E-state index contributed by atoms with van der Waals surface area (Å²) in [7, 11) is 0. The number of carboxylic acids is 1. The molecule has 8 nitrogen and oxygen atoms in total. The number of amides is 3. The second-order valence-corrected chi connectivity index (χ2v) is 4.70. The van der Waals surface area contributed by atoms with Crippen LogP contribution in [-0.4, -0.2) is 71.1 Å². The molecule has 0 saturated carbocycles. The Morgan fingerprint density at radius 3 is 2.67 bits per heavy atom. The van der Waals surface area contributed by atoms with Crippen LogP contribution in [0, 0.1) is 0 Å². The van der Waals surface area contributed by atoms with Gasteiger partial charge < -0.3 is 16.2 Å². The van der Waals surface area contributed by atoms with E-state index in [1.807, 2.05) is 0 Å². The van der Waals surface area contributed by atoms with Gasteiger partial charge in [0, 0.05) is 26.2 Å². The van der Waals surface area contributed by atoms with E-state index in [-0.39, 0.29) is 19.0 Å². The molecule has 0 spiro atoms. The molecule has 8 heteroatoms. The van der Waals surface area contributed by atoms with Gasteiger partial charge in [-0.2, -0.15) is 0 Å². The number of nitrogens with two attached hydrogens (primary N) is 1. The lowest BCUT2D eigenvalue weighted by molar-refractivity contribution is -0.143. The van der Waals surface area contributed by atoms with Gasteiger partial charge in [0.25, 0.3) is 0 Å². The number of carbonyl (C=O) groups is 3. The Balaban J connectivity index is 1.90. The van der Waals surface area contributed by atoms with Gasteiger partial charge in [-0.3, -0.25) is 19.4 Å². The lowest BCUT2D eigenvalue weighted by atomic mass is 10.0. The van der Waals surface area contributed by atoms with Crippen molar-refractivity contribution < 1.29 is 19.5 Å². The molecule has 2 fully saturated rings. The van der Waals surface area contributed by atoms with E-state index in [4.69, 9.17) is 10.8 Å². The molecule has 4 N–H and O–H groups in total. The van der Waals surface area contributed by atoms with E-state index < -0.39 is 17.5 Å². The number of carbonyl (C=O) groups excluding carboxylic acids is 2. The molecule has 2 saturated heterocycles. The molecule has 1 atom stereocenters. The molecule has 100 valence electrons. The maximum Gasteiger partial charge on any atom is 0.325 e. The molecule has 0 bridgehead atoms. The molecule has 2 rings (SSSR count). The molecule has 0 aromatic heterocycles. The zero-order chi connectivity index (χ0) is 13.3. The summed E-state index contributed by atoms with van der Waals surface area (Å²) >= 11 is 0. The first-order chi connectivity index (χ1) is 8.42. The molecule has 0 aromatic carbocycles. The van der Waals surface area contributed by atoms with Gasteiger partial charge in [-0.25, -0.2) is 4.79 Å². The molecule has 3 amide bonds. The Labute approximate surface area is 104 Å². The molecule has 18 heavy (non-hydrogen) atoms. The van der Waals surface area contributed by atoms with Gasteiger partial charge in [-0.15, -0.1) is 0 Å². The van der Waals surface area contributed by atoms with Crippen molar-refractivity contribution in [2.45, 2.75) is 12.0 Å². The van der Waals surface area contributed by atoms with E-state index in [1.165, 1.54) is 0 Å². The molecule has 0 aromatic rings. The molecule has 2 heterocycles. The zero-order valence-corrected chi connectivity index (χ0v) is 9.89. The number of aliphatic carboxylic acids is 1. The van der Waals surface area contributed by atoms with E-state index in [9.17, 15) is 14.4 Å². The number of hydrogen-bond donors (Lipinski definition) is 3. The van der Waals surface area contributed by atoms with Crippen LogP contribution >= 0.6 is 0 Å². The van der Waals surface area contributed by atoms with Gasteiger partial charge in [0.05, 0.1) is 6.54 Å². The highest BCUT2D eigenvalue weighted by molar-refractivity contribution is 5.96. The monoisotopic (exact) mass is 256 g/mol. The van der Waals surface area contributed by atoms with Crippen molar-refractivity contribution in [2.24, 2.45) is 5.73 Å². The predicted molar refractivity (Wildman–Crippen MR) is 60.7 cm³/mol. The van der Waals surface area contributed by atoms with Gasteiger partial charge in [-0.1, -0.05) is 0 Å². The molecule has 0 radical (unpaired) electrons. The first kappa shape index (κ1) is 12.8. The summed E-state index contributed by atoms with van der Waals surface area (Å²) in [4.78, 5) is 36.9. The minimum atomic E-state index is -1.28. The molecule has 2 aliphatic heterocycles. The SMILES string of the molecule is NC1(C(=O)O)CCN(CC(=O)N2CCNC2=O)C1. The number of hydrogen-bond acceptors (Lipinski definition) is 5. The quantitative estimate of drug-likeness (QED) is 0.539. The average Bonchev–Trinajstić information content (AvgIpc) is 2.86. The number of rotatable bonds is 3. The van der Waals surface area contributed by atoms with Crippen molar-refractivity contribution in [2.75, 3.05) is 32.7 Å². The maximum absolute atomic E-state index is 11.8. The van der Waals surface area contributed by atoms with Crippen LogP contribution in [0.4, 0.5) is 4.79 Å². The molecular weight excluding hydrogens is 240 g/mol. The van der Waals surface area contributed by atoms with Crippen molar-refractivity contribution in [1.29, 1.82) is 0 Å². The molecule has 0 aliphatic carbocycles. The van der Waals surface area contributed by atoms with Crippen LogP contribution in [0.2, 0.25) is 0 Å². The van der Waals surface area contributed by atoms with E-state index in [2.05, 4.69) is 5.32 Å². The number of urea groups is 1. The fourth-order valence-electron chi connectivity index (χ4n) is 2.21. The number of nitrogens with one attached hydrogen (secondary N) is 1. The zero-order valence-electron chi connectivity index (χ0n) is 9.89. The number of likely N-dealkylation sites (tertiary alicyclic amines) is 1. The second kappa shape index (κ2) is 4.54. The Bertz CT molecular complexity index is 399. The smallest absolute Gasteiger partial charge is 0.325 e. The Morgan fingerprint density at radius 1 is 1.44 bits per heavy atom. The summed E-state index contributed by atoms with van der Waals surface area (Å²) in [6.07, 6.45) is 0.307. The predicted octanol–water partition coefficient (Wildman–Crippen LogP) is -1.97. The summed E-state index contributed by atoms with van der Waals surface area (Å²) in [5.74, 6) is -1.38. The van der Waals surface area contributed by atoms with Crippen LogP contribution in [-0.2, 0) is 9.59 Å². The van der Waals surface area contributed by atoms with Crippen LogP contribution in [0.25, 0.3) is 0 Å². The highest BCUT2D eigenvalue weighted by atomic mass is 16.4. The summed E-state index contributed by atoms with van der Waals surface area (Å²) < 4.78 is 0. The normalized spacial score (nSPS) is 28.5. The maximum atomic E-state index is 11.8. The first-order valence-electron chi connectivity index (χ1n) is 5.75. The van der Waals surface area contributed by atoms with Crippen molar-refractivity contribution in [1.82, 2.24) is 15.1 Å². The van der Waals surface area contributed by atoms with Gasteiger partial charge >= 0.3 is 12.0 Å². The number of carboxylic acid groups (broad SMARTS) is 1. The summed E-state index contributed by atoms with van der Waals surface area (Å²) in [5.41, 5.74) is 4.42. The Hall–Kier alpha value is -1.67. The fraction of sp³-hybridized carbons (Fsp3) is 0.700. The van der Waals surface area contributed by atoms with E-state index in [0.717, 1.165) is 4.90 Å². The molecule has 2 aliphatic rings. The topological polar surface area (TPSA) is 116 Å². The largest absolute Gasteiger partial charge is 0.480 e. The first-order valence-corrected chi connectivity index (χ1v) is 5.75. The third-order valence-corrected chi connectivity index (χ3v) is 3.32. The fourth-order valence-corrected chi connectivity index (χ4v) is 2.21.